The molecule has 3 aromatic rings. The zero-order chi connectivity index (χ0) is 23.9. The van der Waals surface area contributed by atoms with Gasteiger partial charge < -0.3 is 9.47 Å². The molecule has 0 bridgehead atoms. The van der Waals surface area contributed by atoms with E-state index in [2.05, 4.69) is 5.32 Å². The number of carbonyl (C=O) groups is 2. The predicted octanol–water partition coefficient (Wildman–Crippen LogP) is 5.61. The van der Waals surface area contributed by atoms with Crippen molar-refractivity contribution >= 4 is 40.9 Å². The lowest BCUT2D eigenvalue weighted by Gasteiger charge is -2.29. The molecule has 0 unspecified atom stereocenters. The van der Waals surface area contributed by atoms with Gasteiger partial charge in [0.15, 0.2) is 5.11 Å². The third-order valence-corrected chi connectivity index (χ3v) is 5.19. The fraction of sp³-hybridized carbons (Fsp3) is 0.0741. The third-order valence-electron chi connectivity index (χ3n) is 4.90. The average Bonchev–Trinajstić information content (AvgIpc) is 2.84. The summed E-state index contributed by atoms with van der Waals surface area (Å²) in [6.07, 6.45) is 5.94. The Morgan fingerprint density at radius 1 is 0.882 bits per heavy atom. The minimum Gasteiger partial charge on any atom is -0.465 e. The molecule has 0 saturated carbocycles. The summed E-state index contributed by atoms with van der Waals surface area (Å²) in [5.41, 5.74) is 1.19. The Labute approximate surface area is 203 Å². The van der Waals surface area contributed by atoms with Gasteiger partial charge in [-0.2, -0.15) is 0 Å². The first-order valence-corrected chi connectivity index (χ1v) is 11.1. The Balaban J connectivity index is 1.53. The first-order chi connectivity index (χ1) is 16.5. The van der Waals surface area contributed by atoms with E-state index in [0.29, 0.717) is 28.5 Å². The van der Waals surface area contributed by atoms with Gasteiger partial charge in [-0.3, -0.25) is 19.8 Å². The highest BCUT2D eigenvalue weighted by Crippen LogP contribution is 2.27. The van der Waals surface area contributed by atoms with Crippen molar-refractivity contribution in [3.63, 3.8) is 0 Å². The number of allylic oxidation sites excluding steroid dienone is 1. The van der Waals surface area contributed by atoms with Crippen LogP contribution in [0.25, 0.3) is 6.08 Å². The molecule has 34 heavy (non-hydrogen) atoms. The lowest BCUT2D eigenvalue weighted by atomic mass is 10.1. The Morgan fingerprint density at radius 2 is 1.53 bits per heavy atom. The number of rotatable bonds is 7. The lowest BCUT2D eigenvalue weighted by molar-refractivity contribution is -0.122. The number of hydrogen-bond acceptors (Lipinski definition) is 5. The highest BCUT2D eigenvalue weighted by molar-refractivity contribution is 7.80. The molecule has 0 aromatic heterocycles. The molecule has 1 aliphatic heterocycles. The SMILES string of the molecule is CCC=COc1ccc(C=C2C(=O)NC(=S)N(c3ccc(Oc4ccccc4)cc3)C2=O)cc1. The van der Waals surface area contributed by atoms with Crippen LogP contribution in [0.1, 0.15) is 18.9 Å². The maximum absolute atomic E-state index is 13.2. The quantitative estimate of drug-likeness (QED) is 0.210. The molecule has 1 fully saturated rings. The van der Waals surface area contributed by atoms with Crippen molar-refractivity contribution in [1.82, 2.24) is 5.32 Å². The van der Waals surface area contributed by atoms with E-state index in [1.165, 1.54) is 11.0 Å². The number of nitrogens with one attached hydrogen (secondary N) is 1. The van der Waals surface area contributed by atoms with E-state index in [0.717, 1.165) is 6.42 Å². The second-order valence-corrected chi connectivity index (χ2v) is 7.72. The zero-order valence-corrected chi connectivity index (χ0v) is 19.2. The smallest absolute Gasteiger partial charge is 0.270 e. The number of thiocarbonyl (C=S) groups is 1. The van der Waals surface area contributed by atoms with Gasteiger partial charge in [-0.15, -0.1) is 0 Å². The van der Waals surface area contributed by atoms with E-state index in [1.54, 1.807) is 54.8 Å². The Morgan fingerprint density at radius 3 is 2.21 bits per heavy atom. The molecular weight excluding hydrogens is 448 g/mol. The molecule has 0 radical (unpaired) electrons. The molecule has 1 aliphatic rings. The summed E-state index contributed by atoms with van der Waals surface area (Å²) in [4.78, 5) is 27.0. The van der Waals surface area contributed by atoms with Crippen LogP contribution >= 0.6 is 12.2 Å². The van der Waals surface area contributed by atoms with Gasteiger partial charge in [0, 0.05) is 0 Å². The summed E-state index contributed by atoms with van der Waals surface area (Å²) in [6.45, 7) is 2.02. The van der Waals surface area contributed by atoms with Crippen molar-refractivity contribution in [2.75, 3.05) is 4.90 Å². The van der Waals surface area contributed by atoms with E-state index in [9.17, 15) is 9.59 Å². The normalized spacial score (nSPS) is 15.0. The molecule has 0 spiro atoms. The van der Waals surface area contributed by atoms with E-state index in [-0.39, 0.29) is 10.7 Å². The minimum absolute atomic E-state index is 0.0160. The topological polar surface area (TPSA) is 67.9 Å². The number of benzene rings is 3. The van der Waals surface area contributed by atoms with E-state index >= 15 is 0 Å². The van der Waals surface area contributed by atoms with Crippen molar-refractivity contribution in [2.24, 2.45) is 0 Å². The van der Waals surface area contributed by atoms with E-state index < -0.39 is 11.8 Å². The van der Waals surface area contributed by atoms with Crippen molar-refractivity contribution < 1.29 is 19.1 Å². The van der Waals surface area contributed by atoms with Crippen LogP contribution in [0, 0.1) is 0 Å². The molecule has 1 N–H and O–H groups in total. The van der Waals surface area contributed by atoms with E-state index in [4.69, 9.17) is 21.7 Å². The van der Waals surface area contributed by atoms with Crippen molar-refractivity contribution in [3.05, 3.63) is 102 Å². The number of hydrogen-bond donors (Lipinski definition) is 1. The number of amides is 2. The molecule has 0 aliphatic carbocycles. The maximum Gasteiger partial charge on any atom is 0.270 e. The van der Waals surface area contributed by atoms with Crippen LogP contribution in [0.3, 0.4) is 0 Å². The summed E-state index contributed by atoms with van der Waals surface area (Å²) in [7, 11) is 0. The first kappa shape index (κ1) is 22.9. The van der Waals surface area contributed by atoms with Crippen molar-refractivity contribution in [3.8, 4) is 17.2 Å². The number of ether oxygens (including phenoxy) is 2. The van der Waals surface area contributed by atoms with Gasteiger partial charge in [0.2, 0.25) is 0 Å². The second-order valence-electron chi connectivity index (χ2n) is 7.33. The Bertz CT molecular complexity index is 1250. The minimum atomic E-state index is -0.540. The number of nitrogens with zero attached hydrogens (tertiary/aromatic N) is 1. The summed E-state index contributed by atoms with van der Waals surface area (Å²) >= 11 is 5.28. The second kappa shape index (κ2) is 10.6. The Hall–Kier alpha value is -4.23. The third kappa shape index (κ3) is 5.39. The number of anilines is 1. The largest absolute Gasteiger partial charge is 0.465 e. The molecule has 3 aromatic carbocycles. The van der Waals surface area contributed by atoms with Gasteiger partial charge in [-0.25, -0.2) is 0 Å². The van der Waals surface area contributed by atoms with Crippen LogP contribution in [0.2, 0.25) is 0 Å². The molecule has 7 heteroatoms. The van der Waals surface area contributed by atoms with Gasteiger partial charge in [0.25, 0.3) is 11.8 Å². The lowest BCUT2D eigenvalue weighted by Crippen LogP contribution is -2.54. The van der Waals surface area contributed by atoms with Crippen molar-refractivity contribution in [1.29, 1.82) is 0 Å². The van der Waals surface area contributed by atoms with Gasteiger partial charge in [-0.05, 0) is 84.9 Å². The summed E-state index contributed by atoms with van der Waals surface area (Å²) in [5.74, 6) is 0.932. The standard InChI is InChI=1S/C27H22N2O4S/c1-2-3-17-32-21-13-9-19(10-14-21)18-24-25(30)28-27(34)29(26(24)31)20-11-15-23(16-12-20)33-22-7-5-4-6-8-22/h3-18H,2H2,1H3,(H,28,30,34). The fourth-order valence-electron chi connectivity index (χ4n) is 3.21. The van der Waals surface area contributed by atoms with Crippen LogP contribution in [-0.4, -0.2) is 16.9 Å². The molecular formula is C27H22N2O4S. The van der Waals surface area contributed by atoms with E-state index in [1.807, 2.05) is 43.3 Å². The van der Waals surface area contributed by atoms with Crippen LogP contribution in [-0.2, 0) is 9.59 Å². The molecule has 6 nitrogen and oxygen atoms in total. The van der Waals surface area contributed by atoms with Gasteiger partial charge in [0.05, 0.1) is 11.9 Å². The molecule has 1 saturated heterocycles. The average molecular weight is 471 g/mol. The predicted molar refractivity (Wildman–Crippen MR) is 136 cm³/mol. The maximum atomic E-state index is 13.2. The number of carbonyl (C=O) groups excluding carboxylic acids is 2. The van der Waals surface area contributed by atoms with Gasteiger partial charge in [-0.1, -0.05) is 37.3 Å². The van der Waals surface area contributed by atoms with Crippen LogP contribution in [0.4, 0.5) is 5.69 Å². The summed E-state index contributed by atoms with van der Waals surface area (Å²) in [6, 6.07) is 23.4. The number of para-hydroxylation sites is 1. The monoisotopic (exact) mass is 470 g/mol. The molecule has 4 rings (SSSR count). The Kier molecular flexibility index (Phi) is 7.15. The van der Waals surface area contributed by atoms with Crippen LogP contribution in [0.5, 0.6) is 17.2 Å². The van der Waals surface area contributed by atoms with Gasteiger partial charge in [0.1, 0.15) is 22.8 Å². The van der Waals surface area contributed by atoms with Crippen LogP contribution in [0.15, 0.2) is 96.8 Å². The molecule has 1 heterocycles. The van der Waals surface area contributed by atoms with Crippen LogP contribution < -0.4 is 19.7 Å². The zero-order valence-electron chi connectivity index (χ0n) is 18.4. The fourth-order valence-corrected chi connectivity index (χ4v) is 3.49. The van der Waals surface area contributed by atoms with Gasteiger partial charge >= 0.3 is 0 Å². The van der Waals surface area contributed by atoms with Crippen molar-refractivity contribution in [2.45, 2.75) is 13.3 Å². The molecule has 170 valence electrons. The highest BCUT2D eigenvalue weighted by atomic mass is 32.1. The first-order valence-electron chi connectivity index (χ1n) is 10.7. The summed E-state index contributed by atoms with van der Waals surface area (Å²) in [5, 5.41) is 2.62. The highest BCUT2D eigenvalue weighted by Gasteiger charge is 2.34. The molecule has 0 atom stereocenters. The summed E-state index contributed by atoms with van der Waals surface area (Å²) < 4.78 is 11.3. The molecule has 2 amide bonds.